The first-order chi connectivity index (χ1) is 9.20. The molecular formula is C14H20BrFN2S. The molecule has 5 heteroatoms. The summed E-state index contributed by atoms with van der Waals surface area (Å²) in [6.45, 7) is 0. The van der Waals surface area contributed by atoms with Gasteiger partial charge in [-0.05, 0) is 46.8 Å². The van der Waals surface area contributed by atoms with Gasteiger partial charge in [-0.1, -0.05) is 25.0 Å². The summed E-state index contributed by atoms with van der Waals surface area (Å²) < 4.78 is 14.0. The second-order valence-corrected chi connectivity index (χ2v) is 7.15. The van der Waals surface area contributed by atoms with E-state index in [4.69, 9.17) is 5.84 Å². The van der Waals surface area contributed by atoms with E-state index in [-0.39, 0.29) is 11.9 Å². The maximum Gasteiger partial charge on any atom is 0.137 e. The number of thioether (sulfide) groups is 1. The van der Waals surface area contributed by atoms with E-state index < -0.39 is 0 Å². The molecule has 1 unspecified atom stereocenters. The third-order valence-electron chi connectivity index (χ3n) is 3.57. The van der Waals surface area contributed by atoms with Crippen LogP contribution in [0.15, 0.2) is 22.7 Å². The van der Waals surface area contributed by atoms with Crippen LogP contribution >= 0.6 is 27.7 Å². The van der Waals surface area contributed by atoms with Gasteiger partial charge < -0.3 is 0 Å². The van der Waals surface area contributed by atoms with E-state index in [1.807, 2.05) is 17.8 Å². The van der Waals surface area contributed by atoms with Crippen LogP contribution in [0.2, 0.25) is 0 Å². The largest absolute Gasteiger partial charge is 0.271 e. The van der Waals surface area contributed by atoms with Crippen LogP contribution in [0.4, 0.5) is 4.39 Å². The molecule has 1 aromatic carbocycles. The topological polar surface area (TPSA) is 38.0 Å². The van der Waals surface area contributed by atoms with Gasteiger partial charge >= 0.3 is 0 Å². The standard InChI is InChI=1S/C14H20BrFN2S/c15-14-10(4-3-7-13(14)16)8-11(18-17)9-19-12-5-1-2-6-12/h3-4,7,11-12,18H,1-2,5-6,8-9,17H2. The molecule has 19 heavy (non-hydrogen) atoms. The first-order valence-corrected chi connectivity index (χ1v) is 8.55. The summed E-state index contributed by atoms with van der Waals surface area (Å²) in [5.74, 6) is 6.39. The number of hydrogen-bond acceptors (Lipinski definition) is 3. The van der Waals surface area contributed by atoms with Crippen molar-refractivity contribution in [3.8, 4) is 0 Å². The van der Waals surface area contributed by atoms with Gasteiger partial charge in [0.2, 0.25) is 0 Å². The Morgan fingerprint density at radius 2 is 2.16 bits per heavy atom. The van der Waals surface area contributed by atoms with Gasteiger partial charge in [0.25, 0.3) is 0 Å². The summed E-state index contributed by atoms with van der Waals surface area (Å²) in [5, 5.41) is 0.784. The summed E-state index contributed by atoms with van der Waals surface area (Å²) >= 11 is 5.30. The monoisotopic (exact) mass is 346 g/mol. The van der Waals surface area contributed by atoms with E-state index >= 15 is 0 Å². The van der Waals surface area contributed by atoms with Gasteiger partial charge in [0.05, 0.1) is 4.47 Å². The first kappa shape index (κ1) is 15.3. The molecule has 1 fully saturated rings. The minimum atomic E-state index is -0.211. The fourth-order valence-electron chi connectivity index (χ4n) is 2.44. The summed E-state index contributed by atoms with van der Waals surface area (Å²) in [4.78, 5) is 0. The van der Waals surface area contributed by atoms with Crippen molar-refractivity contribution in [2.75, 3.05) is 5.75 Å². The zero-order valence-electron chi connectivity index (χ0n) is 10.9. The summed E-state index contributed by atoms with van der Waals surface area (Å²) in [5.41, 5.74) is 3.82. The minimum Gasteiger partial charge on any atom is -0.271 e. The van der Waals surface area contributed by atoms with Crippen molar-refractivity contribution >= 4 is 27.7 Å². The number of benzene rings is 1. The SMILES string of the molecule is NNC(CSC1CCCC1)Cc1cccc(F)c1Br. The second kappa shape index (κ2) is 7.62. The third kappa shape index (κ3) is 4.45. The Kier molecular flexibility index (Phi) is 6.13. The molecule has 1 aromatic rings. The van der Waals surface area contributed by atoms with Crippen molar-refractivity contribution in [2.45, 2.75) is 43.4 Å². The molecule has 3 N–H and O–H groups in total. The van der Waals surface area contributed by atoms with Gasteiger partial charge in [0.1, 0.15) is 5.82 Å². The van der Waals surface area contributed by atoms with Gasteiger partial charge in [0.15, 0.2) is 0 Å². The highest BCUT2D eigenvalue weighted by molar-refractivity contribution is 9.10. The predicted octanol–water partition coefficient (Wildman–Crippen LogP) is 3.64. The van der Waals surface area contributed by atoms with Crippen molar-refractivity contribution < 1.29 is 4.39 Å². The van der Waals surface area contributed by atoms with Crippen LogP contribution in [0.1, 0.15) is 31.2 Å². The lowest BCUT2D eigenvalue weighted by atomic mass is 10.1. The maximum atomic E-state index is 13.5. The molecule has 1 atom stereocenters. The molecule has 2 nitrogen and oxygen atoms in total. The Labute approximate surface area is 126 Å². The Balaban J connectivity index is 1.88. The quantitative estimate of drug-likeness (QED) is 0.610. The van der Waals surface area contributed by atoms with Crippen LogP contribution in [0.5, 0.6) is 0 Å². The van der Waals surface area contributed by atoms with E-state index in [2.05, 4.69) is 21.4 Å². The lowest BCUT2D eigenvalue weighted by molar-refractivity contribution is 0.567. The van der Waals surface area contributed by atoms with Crippen LogP contribution in [0, 0.1) is 5.82 Å². The molecule has 1 aliphatic carbocycles. The molecule has 0 aromatic heterocycles. The fourth-order valence-corrected chi connectivity index (χ4v) is 4.26. The van der Waals surface area contributed by atoms with E-state index in [1.165, 1.54) is 31.7 Å². The van der Waals surface area contributed by atoms with Crippen molar-refractivity contribution in [2.24, 2.45) is 5.84 Å². The van der Waals surface area contributed by atoms with Crippen LogP contribution in [-0.2, 0) is 6.42 Å². The average Bonchev–Trinajstić information content (AvgIpc) is 2.92. The molecule has 1 saturated carbocycles. The van der Waals surface area contributed by atoms with Crippen LogP contribution in [0.25, 0.3) is 0 Å². The molecule has 106 valence electrons. The highest BCUT2D eigenvalue weighted by Crippen LogP contribution is 2.30. The molecule has 0 radical (unpaired) electrons. The van der Waals surface area contributed by atoms with E-state index in [1.54, 1.807) is 6.07 Å². The smallest absolute Gasteiger partial charge is 0.137 e. The number of hydrogen-bond donors (Lipinski definition) is 2. The van der Waals surface area contributed by atoms with Gasteiger partial charge in [-0.3, -0.25) is 11.3 Å². The second-order valence-electron chi connectivity index (χ2n) is 5.02. The van der Waals surface area contributed by atoms with E-state index in [0.717, 1.165) is 23.0 Å². The molecule has 0 heterocycles. The highest BCUT2D eigenvalue weighted by atomic mass is 79.9. The van der Waals surface area contributed by atoms with Gasteiger partial charge in [-0.25, -0.2) is 4.39 Å². The molecule has 0 bridgehead atoms. The lowest BCUT2D eigenvalue weighted by Crippen LogP contribution is -2.39. The zero-order valence-corrected chi connectivity index (χ0v) is 13.3. The normalized spacial score (nSPS) is 17.8. The molecule has 0 spiro atoms. The van der Waals surface area contributed by atoms with Gasteiger partial charge in [0, 0.05) is 17.0 Å². The van der Waals surface area contributed by atoms with Crippen molar-refractivity contribution in [3.63, 3.8) is 0 Å². The summed E-state index contributed by atoms with van der Waals surface area (Å²) in [6.07, 6.45) is 6.10. The van der Waals surface area contributed by atoms with Gasteiger partial charge in [-0.2, -0.15) is 11.8 Å². The van der Waals surface area contributed by atoms with E-state index in [0.29, 0.717) is 4.47 Å². The Morgan fingerprint density at radius 3 is 2.84 bits per heavy atom. The van der Waals surface area contributed by atoms with Gasteiger partial charge in [-0.15, -0.1) is 0 Å². The molecule has 0 amide bonds. The van der Waals surface area contributed by atoms with Crippen LogP contribution < -0.4 is 11.3 Å². The lowest BCUT2D eigenvalue weighted by Gasteiger charge is -2.18. The Hall–Kier alpha value is -0.100. The number of hydrazine groups is 1. The maximum absolute atomic E-state index is 13.5. The van der Waals surface area contributed by atoms with Crippen molar-refractivity contribution in [1.29, 1.82) is 0 Å². The molecule has 2 rings (SSSR count). The average molecular weight is 347 g/mol. The number of halogens is 2. The highest BCUT2D eigenvalue weighted by Gasteiger charge is 2.18. The first-order valence-electron chi connectivity index (χ1n) is 6.71. The van der Waals surface area contributed by atoms with Crippen LogP contribution in [0.3, 0.4) is 0 Å². The molecular weight excluding hydrogens is 327 g/mol. The third-order valence-corrected chi connectivity index (χ3v) is 5.99. The number of nitrogens with one attached hydrogen (secondary N) is 1. The minimum absolute atomic E-state index is 0.184. The summed E-state index contributed by atoms with van der Waals surface area (Å²) in [6, 6.07) is 5.33. The Morgan fingerprint density at radius 1 is 1.42 bits per heavy atom. The number of rotatable bonds is 6. The molecule has 1 aliphatic rings. The predicted molar refractivity (Wildman–Crippen MR) is 83.6 cm³/mol. The van der Waals surface area contributed by atoms with Crippen molar-refractivity contribution in [1.82, 2.24) is 5.43 Å². The van der Waals surface area contributed by atoms with Crippen molar-refractivity contribution in [3.05, 3.63) is 34.1 Å². The molecule has 0 saturated heterocycles. The van der Waals surface area contributed by atoms with Crippen LogP contribution in [-0.4, -0.2) is 17.0 Å². The fraction of sp³-hybridized carbons (Fsp3) is 0.571. The summed E-state index contributed by atoms with van der Waals surface area (Å²) in [7, 11) is 0. The number of nitrogens with two attached hydrogens (primary N) is 1. The zero-order chi connectivity index (χ0) is 13.7. The van der Waals surface area contributed by atoms with E-state index in [9.17, 15) is 4.39 Å². The molecule has 0 aliphatic heterocycles. The Bertz CT molecular complexity index is 410.